The molecule has 3 aliphatic rings. The number of hydrogen-bond donors (Lipinski definition) is 1. The summed E-state index contributed by atoms with van der Waals surface area (Å²) in [4.78, 5) is 26.9. The third kappa shape index (κ3) is 4.93. The molecule has 0 aromatic heterocycles. The minimum Gasteiger partial charge on any atom is -0.482 e. The second-order valence-corrected chi connectivity index (χ2v) is 11.1. The van der Waals surface area contributed by atoms with E-state index in [0.29, 0.717) is 30.4 Å². The van der Waals surface area contributed by atoms with Gasteiger partial charge in [0, 0.05) is 19.1 Å². The van der Waals surface area contributed by atoms with Gasteiger partial charge in [0.05, 0.1) is 10.6 Å². The lowest BCUT2D eigenvalue weighted by Gasteiger charge is -2.32. The normalized spacial score (nSPS) is 24.9. The third-order valence-corrected chi connectivity index (χ3v) is 8.73. The van der Waals surface area contributed by atoms with E-state index in [0.717, 1.165) is 44.9 Å². The van der Waals surface area contributed by atoms with Gasteiger partial charge in [-0.25, -0.2) is 8.42 Å². The Labute approximate surface area is 190 Å². The zero-order valence-corrected chi connectivity index (χ0v) is 19.5. The van der Waals surface area contributed by atoms with Crippen LogP contribution in [0.1, 0.15) is 58.3 Å². The van der Waals surface area contributed by atoms with Crippen LogP contribution in [-0.2, 0) is 19.6 Å². The smallest absolute Gasteiger partial charge is 0.265 e. The lowest BCUT2D eigenvalue weighted by molar-refractivity contribution is -0.126. The summed E-state index contributed by atoms with van der Waals surface area (Å²) < 4.78 is 33.5. The van der Waals surface area contributed by atoms with E-state index >= 15 is 0 Å². The van der Waals surface area contributed by atoms with Gasteiger partial charge >= 0.3 is 0 Å². The SMILES string of the molecule is C[C@@H]1CCCC[C@@H]1NC(=O)CN1C(=O)COc2ccc(S(=O)(=O)N3CCCCCC3)cc21. The standard InChI is InChI=1S/C23H33N3O5S/c1-17-8-4-5-9-19(17)24-22(27)15-26-20-14-18(10-11-21(20)31-16-23(26)28)32(29,30)25-12-6-2-3-7-13-25/h10-11,14,17,19H,2-9,12-13,15-16H2,1H3,(H,24,27)/t17-,19+/m1/s1. The van der Waals surface area contributed by atoms with E-state index in [1.54, 1.807) is 6.07 Å². The number of fused-ring (bicyclic) bond motifs is 1. The highest BCUT2D eigenvalue weighted by atomic mass is 32.2. The Morgan fingerprint density at radius 2 is 1.81 bits per heavy atom. The number of nitrogens with one attached hydrogen (secondary N) is 1. The molecule has 4 rings (SSSR count). The molecule has 9 heteroatoms. The van der Waals surface area contributed by atoms with E-state index in [9.17, 15) is 18.0 Å². The van der Waals surface area contributed by atoms with E-state index in [4.69, 9.17) is 4.74 Å². The van der Waals surface area contributed by atoms with Gasteiger partial charge in [0.1, 0.15) is 12.3 Å². The highest BCUT2D eigenvalue weighted by molar-refractivity contribution is 7.89. The Morgan fingerprint density at radius 1 is 1.09 bits per heavy atom. The Balaban J connectivity index is 1.55. The topological polar surface area (TPSA) is 96.0 Å². The van der Waals surface area contributed by atoms with Crippen LogP contribution >= 0.6 is 0 Å². The molecule has 32 heavy (non-hydrogen) atoms. The van der Waals surface area contributed by atoms with Crippen LogP contribution in [0.4, 0.5) is 5.69 Å². The first kappa shape index (κ1) is 23.0. The molecule has 2 atom stereocenters. The monoisotopic (exact) mass is 463 g/mol. The van der Waals surface area contributed by atoms with Gasteiger partial charge in [0.2, 0.25) is 15.9 Å². The van der Waals surface area contributed by atoms with Crippen LogP contribution in [0.15, 0.2) is 23.1 Å². The van der Waals surface area contributed by atoms with Gasteiger partial charge in [-0.3, -0.25) is 14.5 Å². The molecule has 1 aliphatic carbocycles. The summed E-state index contributed by atoms with van der Waals surface area (Å²) in [5, 5.41) is 3.07. The van der Waals surface area contributed by atoms with E-state index < -0.39 is 10.0 Å². The molecule has 1 N–H and O–H groups in total. The summed E-state index contributed by atoms with van der Waals surface area (Å²) in [5.41, 5.74) is 0.337. The minimum absolute atomic E-state index is 0.113. The van der Waals surface area contributed by atoms with E-state index in [-0.39, 0.29) is 35.9 Å². The second kappa shape index (κ2) is 9.79. The first-order valence-corrected chi connectivity index (χ1v) is 13.2. The summed E-state index contributed by atoms with van der Waals surface area (Å²) in [6.45, 7) is 2.82. The zero-order chi connectivity index (χ0) is 22.7. The van der Waals surface area contributed by atoms with Crippen molar-refractivity contribution in [3.8, 4) is 5.75 Å². The molecule has 8 nitrogen and oxygen atoms in total. The molecule has 0 radical (unpaired) electrons. The van der Waals surface area contributed by atoms with Gasteiger partial charge in [-0.15, -0.1) is 0 Å². The molecule has 1 aromatic rings. The first-order chi connectivity index (χ1) is 15.4. The van der Waals surface area contributed by atoms with Crippen LogP contribution in [0.3, 0.4) is 0 Å². The fourth-order valence-corrected chi connectivity index (χ4v) is 6.41. The first-order valence-electron chi connectivity index (χ1n) is 11.7. The maximum atomic E-state index is 13.2. The lowest BCUT2D eigenvalue weighted by Crippen LogP contribution is -2.49. The number of benzene rings is 1. The molecular weight excluding hydrogens is 430 g/mol. The van der Waals surface area contributed by atoms with Crippen molar-refractivity contribution in [3.05, 3.63) is 18.2 Å². The van der Waals surface area contributed by atoms with Crippen LogP contribution in [-0.4, -0.2) is 56.8 Å². The van der Waals surface area contributed by atoms with Crippen LogP contribution in [0.25, 0.3) is 0 Å². The van der Waals surface area contributed by atoms with Crippen molar-refractivity contribution in [2.24, 2.45) is 5.92 Å². The van der Waals surface area contributed by atoms with Crippen LogP contribution in [0.5, 0.6) is 5.75 Å². The predicted molar refractivity (Wildman–Crippen MR) is 121 cm³/mol. The average molecular weight is 464 g/mol. The van der Waals surface area contributed by atoms with E-state index in [2.05, 4.69) is 12.2 Å². The van der Waals surface area contributed by atoms with Gasteiger partial charge in [0.25, 0.3) is 5.91 Å². The minimum atomic E-state index is -3.68. The largest absolute Gasteiger partial charge is 0.482 e. The van der Waals surface area contributed by atoms with Crippen LogP contribution < -0.4 is 15.0 Å². The number of anilines is 1. The van der Waals surface area contributed by atoms with Gasteiger partial charge in [-0.05, 0) is 49.8 Å². The van der Waals surface area contributed by atoms with Crippen molar-refractivity contribution < 1.29 is 22.7 Å². The lowest BCUT2D eigenvalue weighted by atomic mass is 9.86. The molecular formula is C23H33N3O5S. The van der Waals surface area contributed by atoms with Gasteiger partial charge in [-0.2, -0.15) is 4.31 Å². The van der Waals surface area contributed by atoms with Crippen molar-refractivity contribution in [3.63, 3.8) is 0 Å². The summed E-state index contributed by atoms with van der Waals surface area (Å²) in [5.74, 6) is 0.239. The van der Waals surface area contributed by atoms with E-state index in [1.807, 2.05) is 0 Å². The number of nitrogens with zero attached hydrogens (tertiary/aromatic N) is 2. The fraction of sp³-hybridized carbons (Fsp3) is 0.652. The molecule has 2 heterocycles. The Hall–Kier alpha value is -2.13. The fourth-order valence-electron chi connectivity index (χ4n) is 4.87. The summed E-state index contributed by atoms with van der Waals surface area (Å²) in [7, 11) is -3.68. The van der Waals surface area contributed by atoms with E-state index in [1.165, 1.54) is 27.8 Å². The van der Waals surface area contributed by atoms with Gasteiger partial charge < -0.3 is 10.1 Å². The molecule has 2 aliphatic heterocycles. The number of amides is 2. The molecule has 1 saturated heterocycles. The summed E-state index contributed by atoms with van der Waals surface area (Å²) in [6, 6.07) is 4.70. The Morgan fingerprint density at radius 3 is 2.53 bits per heavy atom. The van der Waals surface area contributed by atoms with Gasteiger partial charge in [0.15, 0.2) is 6.61 Å². The molecule has 2 amide bonds. The van der Waals surface area contributed by atoms with Crippen molar-refractivity contribution in [1.29, 1.82) is 0 Å². The zero-order valence-electron chi connectivity index (χ0n) is 18.7. The van der Waals surface area contributed by atoms with Crippen molar-refractivity contribution in [1.82, 2.24) is 9.62 Å². The number of hydrogen-bond acceptors (Lipinski definition) is 5. The maximum absolute atomic E-state index is 13.2. The Bertz CT molecular complexity index is 956. The van der Waals surface area contributed by atoms with Crippen LogP contribution in [0.2, 0.25) is 0 Å². The quantitative estimate of drug-likeness (QED) is 0.724. The highest BCUT2D eigenvalue weighted by Gasteiger charge is 2.32. The summed E-state index contributed by atoms with van der Waals surface area (Å²) in [6.07, 6.45) is 8.04. The molecule has 0 unspecified atom stereocenters. The number of carbonyl (C=O) groups is 2. The average Bonchev–Trinajstić information content (AvgIpc) is 3.07. The van der Waals surface area contributed by atoms with Crippen molar-refractivity contribution in [2.45, 2.75) is 69.2 Å². The molecule has 176 valence electrons. The third-order valence-electron chi connectivity index (χ3n) is 6.84. The molecule has 0 spiro atoms. The number of rotatable bonds is 5. The molecule has 0 bridgehead atoms. The van der Waals surface area contributed by atoms with Gasteiger partial charge in [-0.1, -0.05) is 32.6 Å². The van der Waals surface area contributed by atoms with Crippen LogP contribution in [0, 0.1) is 5.92 Å². The van der Waals surface area contributed by atoms with Crippen molar-refractivity contribution >= 4 is 27.5 Å². The number of sulfonamides is 1. The highest BCUT2D eigenvalue weighted by Crippen LogP contribution is 2.35. The molecule has 1 saturated carbocycles. The maximum Gasteiger partial charge on any atom is 0.265 e. The Kier molecular flexibility index (Phi) is 7.05. The molecule has 1 aromatic carbocycles. The predicted octanol–water partition coefficient (Wildman–Crippen LogP) is 2.67. The summed E-state index contributed by atoms with van der Waals surface area (Å²) >= 11 is 0. The number of ether oxygens (including phenoxy) is 1. The number of carbonyl (C=O) groups excluding carboxylic acids is 2. The molecule has 2 fully saturated rings. The van der Waals surface area contributed by atoms with Crippen molar-refractivity contribution in [2.75, 3.05) is 31.1 Å². The second-order valence-electron chi connectivity index (χ2n) is 9.15.